The molecule has 0 bridgehead atoms. The van der Waals surface area contributed by atoms with Gasteiger partial charge < -0.3 is 13.8 Å². The summed E-state index contributed by atoms with van der Waals surface area (Å²) >= 11 is 0. The third-order valence-electron chi connectivity index (χ3n) is 4.74. The minimum atomic E-state index is -0.146. The molecular formula is C22H23N5O3. The minimum absolute atomic E-state index is 0.146. The molecule has 4 rings (SSSR count). The fourth-order valence-electron chi connectivity index (χ4n) is 3.24. The number of rotatable bonds is 8. The van der Waals surface area contributed by atoms with E-state index in [1.807, 2.05) is 53.1 Å². The van der Waals surface area contributed by atoms with Crippen molar-refractivity contribution in [3.63, 3.8) is 0 Å². The van der Waals surface area contributed by atoms with Crippen molar-refractivity contribution < 1.29 is 14.1 Å². The summed E-state index contributed by atoms with van der Waals surface area (Å²) in [4.78, 5) is 21.4. The Morgan fingerprint density at radius 1 is 1.13 bits per heavy atom. The zero-order chi connectivity index (χ0) is 20.9. The Morgan fingerprint density at radius 3 is 2.70 bits per heavy atom. The number of anilines is 1. The number of hydrogen-bond donors (Lipinski definition) is 1. The van der Waals surface area contributed by atoms with Crippen LogP contribution in [0.15, 0.2) is 53.1 Å². The standard InChI is InChI=1S/C22H23N5O3/c1-3-14-27-18-7-5-4-6-17(18)23-22(27)24-19(28)12-13-20-25-21(26-30-20)15-8-10-16(29-2)11-9-15/h4-11H,3,12-14H2,1-2H3,(H,23,24,28). The van der Waals surface area contributed by atoms with Crippen LogP contribution >= 0.6 is 0 Å². The van der Waals surface area contributed by atoms with Crippen molar-refractivity contribution in [1.29, 1.82) is 0 Å². The first kappa shape index (κ1) is 19.6. The van der Waals surface area contributed by atoms with Crippen molar-refractivity contribution in [2.45, 2.75) is 32.7 Å². The van der Waals surface area contributed by atoms with Crippen LogP contribution in [0.2, 0.25) is 0 Å². The molecule has 0 atom stereocenters. The van der Waals surface area contributed by atoms with Crippen molar-refractivity contribution in [3.8, 4) is 17.1 Å². The second kappa shape index (κ2) is 8.77. The first-order chi connectivity index (χ1) is 14.7. The number of amides is 1. The van der Waals surface area contributed by atoms with Gasteiger partial charge in [0.25, 0.3) is 0 Å². The molecule has 0 aliphatic rings. The lowest BCUT2D eigenvalue weighted by molar-refractivity contribution is -0.116. The van der Waals surface area contributed by atoms with E-state index < -0.39 is 0 Å². The number of carbonyl (C=O) groups excluding carboxylic acids is 1. The Kier molecular flexibility index (Phi) is 5.74. The van der Waals surface area contributed by atoms with E-state index in [0.717, 1.165) is 35.3 Å². The van der Waals surface area contributed by atoms with Crippen LogP contribution in [-0.2, 0) is 17.8 Å². The number of nitrogens with zero attached hydrogens (tertiary/aromatic N) is 4. The van der Waals surface area contributed by atoms with E-state index in [-0.39, 0.29) is 12.3 Å². The second-order valence-corrected chi connectivity index (χ2v) is 6.86. The third-order valence-corrected chi connectivity index (χ3v) is 4.74. The lowest BCUT2D eigenvalue weighted by Gasteiger charge is -2.08. The predicted octanol–water partition coefficient (Wildman–Crippen LogP) is 4.08. The largest absolute Gasteiger partial charge is 0.497 e. The van der Waals surface area contributed by atoms with Crippen LogP contribution in [0.1, 0.15) is 25.7 Å². The fourth-order valence-corrected chi connectivity index (χ4v) is 3.24. The van der Waals surface area contributed by atoms with Crippen LogP contribution in [-0.4, -0.2) is 32.7 Å². The van der Waals surface area contributed by atoms with Gasteiger partial charge in [0.2, 0.25) is 23.6 Å². The van der Waals surface area contributed by atoms with Crippen molar-refractivity contribution in [1.82, 2.24) is 19.7 Å². The highest BCUT2D eigenvalue weighted by Crippen LogP contribution is 2.21. The Morgan fingerprint density at radius 2 is 1.93 bits per heavy atom. The van der Waals surface area contributed by atoms with Crippen molar-refractivity contribution in [3.05, 3.63) is 54.4 Å². The van der Waals surface area contributed by atoms with E-state index in [0.29, 0.717) is 24.1 Å². The van der Waals surface area contributed by atoms with Crippen LogP contribution in [0.5, 0.6) is 5.75 Å². The highest BCUT2D eigenvalue weighted by Gasteiger charge is 2.15. The van der Waals surface area contributed by atoms with Gasteiger partial charge in [-0.25, -0.2) is 4.98 Å². The molecule has 2 heterocycles. The molecule has 1 N–H and O–H groups in total. The van der Waals surface area contributed by atoms with Crippen molar-refractivity contribution in [2.75, 3.05) is 12.4 Å². The number of para-hydroxylation sites is 2. The molecule has 0 saturated heterocycles. The van der Waals surface area contributed by atoms with Crippen LogP contribution < -0.4 is 10.1 Å². The van der Waals surface area contributed by atoms with Gasteiger partial charge >= 0.3 is 0 Å². The molecule has 0 radical (unpaired) electrons. The van der Waals surface area contributed by atoms with Gasteiger partial charge in [-0.2, -0.15) is 4.98 Å². The van der Waals surface area contributed by atoms with Gasteiger partial charge in [-0.1, -0.05) is 24.2 Å². The summed E-state index contributed by atoms with van der Waals surface area (Å²) in [5, 5.41) is 6.91. The molecule has 30 heavy (non-hydrogen) atoms. The molecule has 0 saturated carbocycles. The van der Waals surface area contributed by atoms with E-state index >= 15 is 0 Å². The number of aryl methyl sites for hydroxylation is 2. The van der Waals surface area contributed by atoms with Gasteiger partial charge in [-0.15, -0.1) is 0 Å². The molecule has 0 fully saturated rings. The highest BCUT2D eigenvalue weighted by atomic mass is 16.5. The van der Waals surface area contributed by atoms with Gasteiger partial charge in [0.15, 0.2) is 0 Å². The SMILES string of the molecule is CCCn1c(NC(=O)CCc2nc(-c3ccc(OC)cc3)no2)nc2ccccc21. The van der Waals surface area contributed by atoms with Crippen molar-refractivity contribution >= 4 is 22.9 Å². The summed E-state index contributed by atoms with van der Waals surface area (Å²) in [5.74, 6) is 2.07. The smallest absolute Gasteiger partial charge is 0.227 e. The Bertz CT molecular complexity index is 1150. The molecule has 0 unspecified atom stereocenters. The quantitative estimate of drug-likeness (QED) is 0.475. The van der Waals surface area contributed by atoms with Crippen LogP contribution in [0.3, 0.4) is 0 Å². The first-order valence-electron chi connectivity index (χ1n) is 9.90. The van der Waals surface area contributed by atoms with Gasteiger partial charge in [0.1, 0.15) is 5.75 Å². The molecule has 154 valence electrons. The molecule has 4 aromatic rings. The van der Waals surface area contributed by atoms with E-state index in [9.17, 15) is 4.79 Å². The number of nitrogens with one attached hydrogen (secondary N) is 1. The fraction of sp³-hybridized carbons (Fsp3) is 0.273. The minimum Gasteiger partial charge on any atom is -0.497 e. The van der Waals surface area contributed by atoms with Gasteiger partial charge in [-0.3, -0.25) is 10.1 Å². The van der Waals surface area contributed by atoms with Crippen LogP contribution in [0.4, 0.5) is 5.95 Å². The number of aromatic nitrogens is 4. The molecule has 0 aliphatic heterocycles. The lowest BCUT2D eigenvalue weighted by Crippen LogP contribution is -2.16. The Balaban J connectivity index is 1.40. The molecule has 0 spiro atoms. The van der Waals surface area contributed by atoms with Gasteiger partial charge in [0, 0.05) is 24.9 Å². The average Bonchev–Trinajstić information content (AvgIpc) is 3.38. The number of imidazole rings is 1. The summed E-state index contributed by atoms with van der Waals surface area (Å²) in [7, 11) is 1.61. The number of ether oxygens (including phenoxy) is 1. The summed E-state index contributed by atoms with van der Waals surface area (Å²) in [6.45, 7) is 2.88. The highest BCUT2D eigenvalue weighted by molar-refractivity contribution is 5.91. The molecular weight excluding hydrogens is 382 g/mol. The zero-order valence-electron chi connectivity index (χ0n) is 17.0. The maximum Gasteiger partial charge on any atom is 0.227 e. The van der Waals surface area contributed by atoms with Crippen molar-refractivity contribution in [2.24, 2.45) is 0 Å². The molecule has 0 aliphatic carbocycles. The first-order valence-corrected chi connectivity index (χ1v) is 9.90. The van der Waals surface area contributed by atoms with E-state index in [4.69, 9.17) is 9.26 Å². The summed E-state index contributed by atoms with van der Waals surface area (Å²) < 4.78 is 12.5. The van der Waals surface area contributed by atoms with Crippen LogP contribution in [0.25, 0.3) is 22.4 Å². The van der Waals surface area contributed by atoms with E-state index in [2.05, 4.69) is 27.4 Å². The summed E-state index contributed by atoms with van der Waals surface area (Å²) in [5.41, 5.74) is 2.70. The predicted molar refractivity (Wildman–Crippen MR) is 113 cm³/mol. The van der Waals surface area contributed by atoms with Gasteiger partial charge in [0.05, 0.1) is 18.1 Å². The van der Waals surface area contributed by atoms with Crippen LogP contribution in [0, 0.1) is 0 Å². The summed E-state index contributed by atoms with van der Waals surface area (Å²) in [6, 6.07) is 15.2. The van der Waals surface area contributed by atoms with Gasteiger partial charge in [-0.05, 0) is 42.8 Å². The Labute approximate surface area is 173 Å². The molecule has 1 amide bonds. The number of methoxy groups -OCH3 is 1. The maximum absolute atomic E-state index is 12.5. The average molecular weight is 405 g/mol. The molecule has 2 aromatic carbocycles. The monoisotopic (exact) mass is 405 g/mol. The molecule has 8 nitrogen and oxygen atoms in total. The third kappa shape index (κ3) is 4.17. The number of carbonyl (C=O) groups is 1. The Hall–Kier alpha value is -3.68. The van der Waals surface area contributed by atoms with E-state index in [1.165, 1.54) is 0 Å². The molecule has 8 heteroatoms. The summed E-state index contributed by atoms with van der Waals surface area (Å²) in [6.07, 6.45) is 1.52. The number of benzene rings is 2. The van der Waals surface area contributed by atoms with E-state index in [1.54, 1.807) is 7.11 Å². The molecule has 2 aromatic heterocycles. The normalized spacial score (nSPS) is 11.0. The number of fused-ring (bicyclic) bond motifs is 1. The zero-order valence-corrected chi connectivity index (χ0v) is 17.0. The maximum atomic E-state index is 12.5. The number of hydrogen-bond acceptors (Lipinski definition) is 6. The lowest BCUT2D eigenvalue weighted by atomic mass is 10.2. The second-order valence-electron chi connectivity index (χ2n) is 6.86. The topological polar surface area (TPSA) is 95.1 Å².